The smallest absolute Gasteiger partial charge is 0.234 e. The Hall–Kier alpha value is -0.370. The third-order valence-corrected chi connectivity index (χ3v) is 5.33. The number of nitrogens with one attached hydrogen (secondary N) is 1. The molecule has 2 unspecified atom stereocenters. The van der Waals surface area contributed by atoms with Gasteiger partial charge in [0.1, 0.15) is 0 Å². The van der Waals surface area contributed by atoms with E-state index in [9.17, 15) is 13.2 Å². The fourth-order valence-electron chi connectivity index (χ4n) is 2.12. The highest BCUT2D eigenvalue weighted by atomic mass is 35.5. The zero-order valence-electron chi connectivity index (χ0n) is 11.0. The first-order valence-electron chi connectivity index (χ1n) is 6.35. The van der Waals surface area contributed by atoms with Gasteiger partial charge in [-0.05, 0) is 13.0 Å². The molecular weight excluding hydrogens is 292 g/mol. The van der Waals surface area contributed by atoms with E-state index in [0.29, 0.717) is 13.1 Å². The minimum atomic E-state index is -3.14. The van der Waals surface area contributed by atoms with Crippen molar-refractivity contribution in [1.82, 2.24) is 10.2 Å². The Bertz CT molecular complexity index is 395. The van der Waals surface area contributed by atoms with E-state index >= 15 is 0 Å². The van der Waals surface area contributed by atoms with Gasteiger partial charge >= 0.3 is 0 Å². The molecule has 1 aliphatic heterocycles. The highest BCUT2D eigenvalue weighted by Gasteiger charge is 2.37. The standard InChI is InChI=1S/C11H21ClN2O4S/c1-2-3-14(4-5-15)6-11(16)13-10-8-19(17,18)7-9(10)12/h9-10,15H,2-8H2,1H3,(H,13,16). The minimum Gasteiger partial charge on any atom is -0.395 e. The summed E-state index contributed by atoms with van der Waals surface area (Å²) in [7, 11) is -3.14. The lowest BCUT2D eigenvalue weighted by Crippen LogP contribution is -2.46. The summed E-state index contributed by atoms with van der Waals surface area (Å²) in [5.41, 5.74) is 0. The van der Waals surface area contributed by atoms with Crippen molar-refractivity contribution in [2.24, 2.45) is 0 Å². The number of nitrogens with zero attached hydrogens (tertiary/aromatic N) is 1. The van der Waals surface area contributed by atoms with Gasteiger partial charge in [-0.15, -0.1) is 11.6 Å². The normalized spacial score (nSPS) is 25.7. The van der Waals surface area contributed by atoms with Gasteiger partial charge in [-0.25, -0.2) is 8.42 Å². The molecule has 0 radical (unpaired) electrons. The molecule has 112 valence electrons. The van der Waals surface area contributed by atoms with E-state index in [1.54, 1.807) is 0 Å². The molecule has 0 bridgehead atoms. The van der Waals surface area contributed by atoms with E-state index in [-0.39, 0.29) is 30.6 Å². The molecule has 1 heterocycles. The van der Waals surface area contributed by atoms with Crippen LogP contribution < -0.4 is 5.32 Å². The Morgan fingerprint density at radius 3 is 2.58 bits per heavy atom. The number of rotatable bonds is 7. The van der Waals surface area contributed by atoms with Crippen molar-refractivity contribution in [2.75, 3.05) is 37.7 Å². The van der Waals surface area contributed by atoms with Crippen LogP contribution in [0.1, 0.15) is 13.3 Å². The molecule has 6 nitrogen and oxygen atoms in total. The largest absolute Gasteiger partial charge is 0.395 e. The van der Waals surface area contributed by atoms with E-state index in [0.717, 1.165) is 6.42 Å². The molecule has 1 amide bonds. The van der Waals surface area contributed by atoms with E-state index < -0.39 is 21.3 Å². The molecule has 0 aromatic heterocycles. The average Bonchev–Trinajstić information content (AvgIpc) is 2.52. The van der Waals surface area contributed by atoms with Crippen molar-refractivity contribution < 1.29 is 18.3 Å². The van der Waals surface area contributed by atoms with Gasteiger partial charge in [0.25, 0.3) is 0 Å². The molecule has 0 aromatic rings. The molecular formula is C11H21ClN2O4S. The van der Waals surface area contributed by atoms with Crippen LogP contribution in [0.25, 0.3) is 0 Å². The monoisotopic (exact) mass is 312 g/mol. The highest BCUT2D eigenvalue weighted by Crippen LogP contribution is 2.17. The lowest BCUT2D eigenvalue weighted by molar-refractivity contribution is -0.122. The van der Waals surface area contributed by atoms with E-state index in [1.165, 1.54) is 0 Å². The second kappa shape index (κ2) is 7.42. The molecule has 0 aliphatic carbocycles. The second-order valence-electron chi connectivity index (χ2n) is 4.77. The lowest BCUT2D eigenvalue weighted by Gasteiger charge is -2.21. The van der Waals surface area contributed by atoms with Crippen molar-refractivity contribution in [3.8, 4) is 0 Å². The molecule has 1 aliphatic rings. The molecule has 1 fully saturated rings. The van der Waals surface area contributed by atoms with Gasteiger partial charge in [0.15, 0.2) is 9.84 Å². The summed E-state index contributed by atoms with van der Waals surface area (Å²) in [5.74, 6) is -0.440. The molecule has 8 heteroatoms. The number of carbonyl (C=O) groups excluding carboxylic acids is 1. The fraction of sp³-hybridized carbons (Fsp3) is 0.909. The molecule has 0 saturated carbocycles. The summed E-state index contributed by atoms with van der Waals surface area (Å²) in [6.45, 7) is 3.26. The first kappa shape index (κ1) is 16.7. The Kier molecular flexibility index (Phi) is 6.52. The molecule has 0 spiro atoms. The number of hydrogen-bond acceptors (Lipinski definition) is 5. The third-order valence-electron chi connectivity index (χ3n) is 2.95. The summed E-state index contributed by atoms with van der Waals surface area (Å²) in [5, 5.41) is 11.0. The van der Waals surface area contributed by atoms with Gasteiger partial charge in [0.2, 0.25) is 5.91 Å². The van der Waals surface area contributed by atoms with Crippen LogP contribution in [-0.4, -0.2) is 73.5 Å². The first-order chi connectivity index (χ1) is 8.88. The third kappa shape index (κ3) is 5.64. The van der Waals surface area contributed by atoms with Crippen molar-refractivity contribution >= 4 is 27.3 Å². The summed E-state index contributed by atoms with van der Waals surface area (Å²) in [4.78, 5) is 13.6. The molecule has 19 heavy (non-hydrogen) atoms. The SMILES string of the molecule is CCCN(CCO)CC(=O)NC1CS(=O)(=O)CC1Cl. The van der Waals surface area contributed by atoms with Crippen LogP contribution in [0.15, 0.2) is 0 Å². The van der Waals surface area contributed by atoms with Crippen LogP contribution in [0, 0.1) is 0 Å². The number of alkyl halides is 1. The van der Waals surface area contributed by atoms with Gasteiger partial charge in [0.05, 0.1) is 36.1 Å². The Labute approximate surface area is 119 Å². The second-order valence-corrected chi connectivity index (χ2v) is 7.48. The summed E-state index contributed by atoms with van der Waals surface area (Å²) in [6.07, 6.45) is 0.878. The minimum absolute atomic E-state index is 0.0107. The predicted octanol–water partition coefficient (Wildman–Crippen LogP) is -0.789. The van der Waals surface area contributed by atoms with Crippen LogP contribution in [0.3, 0.4) is 0 Å². The number of sulfone groups is 1. The van der Waals surface area contributed by atoms with Gasteiger partial charge in [-0.3, -0.25) is 9.69 Å². The van der Waals surface area contributed by atoms with Crippen LogP contribution >= 0.6 is 11.6 Å². The van der Waals surface area contributed by atoms with Crippen LogP contribution in [-0.2, 0) is 14.6 Å². The van der Waals surface area contributed by atoms with Crippen LogP contribution in [0.5, 0.6) is 0 Å². The molecule has 2 atom stereocenters. The average molecular weight is 313 g/mol. The number of aliphatic hydroxyl groups is 1. The molecule has 1 rings (SSSR count). The number of hydrogen-bond donors (Lipinski definition) is 2. The zero-order chi connectivity index (χ0) is 14.5. The van der Waals surface area contributed by atoms with E-state index in [2.05, 4.69) is 5.32 Å². The number of carbonyl (C=O) groups is 1. The number of amides is 1. The fourth-order valence-corrected chi connectivity index (χ4v) is 4.67. The van der Waals surface area contributed by atoms with Crippen molar-refractivity contribution in [3.63, 3.8) is 0 Å². The van der Waals surface area contributed by atoms with Gasteiger partial charge in [-0.2, -0.15) is 0 Å². The maximum Gasteiger partial charge on any atom is 0.234 e. The maximum atomic E-state index is 11.8. The molecule has 0 aromatic carbocycles. The number of aliphatic hydroxyl groups excluding tert-OH is 1. The summed E-state index contributed by atoms with van der Waals surface area (Å²) < 4.78 is 22.8. The number of halogens is 1. The van der Waals surface area contributed by atoms with Crippen LogP contribution in [0.2, 0.25) is 0 Å². The topological polar surface area (TPSA) is 86.7 Å². The zero-order valence-corrected chi connectivity index (χ0v) is 12.6. The van der Waals surface area contributed by atoms with E-state index in [4.69, 9.17) is 16.7 Å². The quantitative estimate of drug-likeness (QED) is 0.602. The van der Waals surface area contributed by atoms with E-state index in [1.807, 2.05) is 11.8 Å². The van der Waals surface area contributed by atoms with Crippen LogP contribution in [0.4, 0.5) is 0 Å². The maximum absolute atomic E-state index is 11.8. The van der Waals surface area contributed by atoms with Crippen molar-refractivity contribution in [1.29, 1.82) is 0 Å². The summed E-state index contributed by atoms with van der Waals surface area (Å²) >= 11 is 5.92. The van der Waals surface area contributed by atoms with Crippen molar-refractivity contribution in [2.45, 2.75) is 24.8 Å². The molecule has 1 saturated heterocycles. The Morgan fingerprint density at radius 2 is 2.11 bits per heavy atom. The van der Waals surface area contributed by atoms with Gasteiger partial charge in [-0.1, -0.05) is 6.92 Å². The van der Waals surface area contributed by atoms with Gasteiger partial charge in [0, 0.05) is 6.54 Å². The Balaban J connectivity index is 2.46. The lowest BCUT2D eigenvalue weighted by atomic mass is 10.2. The van der Waals surface area contributed by atoms with Gasteiger partial charge < -0.3 is 10.4 Å². The molecule has 2 N–H and O–H groups in total. The predicted molar refractivity (Wildman–Crippen MR) is 74.0 cm³/mol. The highest BCUT2D eigenvalue weighted by molar-refractivity contribution is 7.91. The first-order valence-corrected chi connectivity index (χ1v) is 8.60. The summed E-state index contributed by atoms with van der Waals surface area (Å²) in [6, 6.07) is -0.517. The Morgan fingerprint density at radius 1 is 1.42 bits per heavy atom. The van der Waals surface area contributed by atoms with Crippen molar-refractivity contribution in [3.05, 3.63) is 0 Å².